The van der Waals surface area contributed by atoms with Crippen molar-refractivity contribution in [3.63, 3.8) is 0 Å². The average molecular weight is 347 g/mol. The molecule has 0 saturated carbocycles. The number of nitrogens with one attached hydrogen (secondary N) is 1. The summed E-state index contributed by atoms with van der Waals surface area (Å²) in [6.45, 7) is 0. The minimum atomic E-state index is -3.70. The van der Waals surface area contributed by atoms with Crippen LogP contribution in [0.2, 0.25) is 0 Å². The fourth-order valence-electron chi connectivity index (χ4n) is 1.90. The molecule has 0 fully saturated rings. The van der Waals surface area contributed by atoms with Crippen molar-refractivity contribution in [1.29, 1.82) is 0 Å². The van der Waals surface area contributed by atoms with Crippen molar-refractivity contribution < 1.29 is 13.2 Å². The van der Waals surface area contributed by atoms with Gasteiger partial charge >= 0.3 is 0 Å². The molecule has 2 aromatic carbocycles. The third-order valence-corrected chi connectivity index (χ3v) is 5.16. The molecule has 0 radical (unpaired) electrons. The molecule has 0 bridgehead atoms. The second-order valence-corrected chi connectivity index (χ2v) is 7.00. The zero-order chi connectivity index (χ0) is 16.3. The molecule has 1 heterocycles. The van der Waals surface area contributed by atoms with Gasteiger partial charge in [0.25, 0.3) is 10.0 Å². The van der Waals surface area contributed by atoms with Gasteiger partial charge in [-0.2, -0.15) is 9.36 Å². The number of benzene rings is 2. The maximum atomic E-state index is 12.3. The Kier molecular flexibility index (Phi) is 4.26. The summed E-state index contributed by atoms with van der Waals surface area (Å²) < 4.78 is 36.3. The normalized spacial score (nSPS) is 11.2. The van der Waals surface area contributed by atoms with Gasteiger partial charge in [-0.1, -0.05) is 30.3 Å². The number of sulfonamides is 1. The quantitative estimate of drug-likeness (QED) is 0.767. The maximum Gasteiger partial charge on any atom is 0.263 e. The number of aromatic nitrogens is 2. The van der Waals surface area contributed by atoms with Crippen LogP contribution >= 0.6 is 11.5 Å². The van der Waals surface area contributed by atoms with Crippen LogP contribution in [0.5, 0.6) is 5.75 Å². The van der Waals surface area contributed by atoms with Gasteiger partial charge in [0.15, 0.2) is 5.82 Å². The summed E-state index contributed by atoms with van der Waals surface area (Å²) in [5.41, 5.74) is 0.832. The standard InChI is InChI=1S/C15H13N3O3S2/c1-21-12-7-9-13(10-8-12)23(19,20)18-15-16-14(17-22-15)11-5-3-2-4-6-11/h2-10H,1H3,(H,16,17,18). The third-order valence-electron chi connectivity index (χ3n) is 3.05. The van der Waals surface area contributed by atoms with Gasteiger partial charge in [-0.25, -0.2) is 8.42 Å². The van der Waals surface area contributed by atoms with E-state index in [1.807, 2.05) is 30.3 Å². The first-order valence-corrected chi connectivity index (χ1v) is 8.90. The number of hydrogen-bond acceptors (Lipinski definition) is 6. The molecular formula is C15H13N3O3S2. The van der Waals surface area contributed by atoms with Crippen molar-refractivity contribution >= 4 is 26.7 Å². The SMILES string of the molecule is COc1ccc(S(=O)(=O)Nc2nc(-c3ccccc3)ns2)cc1. The van der Waals surface area contributed by atoms with Crippen LogP contribution in [-0.2, 0) is 10.0 Å². The number of nitrogens with zero attached hydrogens (tertiary/aromatic N) is 2. The van der Waals surface area contributed by atoms with Crippen LogP contribution in [0.4, 0.5) is 5.13 Å². The Bertz CT molecular complexity index is 891. The van der Waals surface area contributed by atoms with Gasteiger partial charge in [-0.3, -0.25) is 4.72 Å². The van der Waals surface area contributed by atoms with Crippen LogP contribution in [-0.4, -0.2) is 24.9 Å². The van der Waals surface area contributed by atoms with Crippen molar-refractivity contribution in [2.45, 2.75) is 4.90 Å². The molecule has 8 heteroatoms. The summed E-state index contributed by atoms with van der Waals surface area (Å²) in [7, 11) is -2.18. The number of anilines is 1. The zero-order valence-corrected chi connectivity index (χ0v) is 13.8. The molecule has 0 aliphatic heterocycles. The van der Waals surface area contributed by atoms with Crippen LogP contribution in [0.25, 0.3) is 11.4 Å². The van der Waals surface area contributed by atoms with Gasteiger partial charge in [0.05, 0.1) is 12.0 Å². The molecule has 0 aliphatic carbocycles. The Morgan fingerprint density at radius 1 is 1.04 bits per heavy atom. The number of hydrogen-bond donors (Lipinski definition) is 1. The second-order valence-electron chi connectivity index (χ2n) is 4.57. The van der Waals surface area contributed by atoms with Crippen molar-refractivity contribution in [1.82, 2.24) is 9.36 Å². The van der Waals surface area contributed by atoms with E-state index in [0.29, 0.717) is 11.6 Å². The van der Waals surface area contributed by atoms with E-state index in [1.54, 1.807) is 12.1 Å². The summed E-state index contributed by atoms with van der Waals surface area (Å²) >= 11 is 0.997. The first-order chi connectivity index (χ1) is 11.1. The molecule has 0 aliphatic rings. The number of ether oxygens (including phenoxy) is 1. The van der Waals surface area contributed by atoms with Gasteiger partial charge in [0.1, 0.15) is 5.75 Å². The zero-order valence-electron chi connectivity index (χ0n) is 12.1. The van der Waals surface area contributed by atoms with Crippen LogP contribution < -0.4 is 9.46 Å². The molecule has 0 spiro atoms. The summed E-state index contributed by atoms with van der Waals surface area (Å²) in [5.74, 6) is 1.08. The van der Waals surface area contributed by atoms with Gasteiger partial charge in [-0.05, 0) is 24.3 Å². The van der Waals surface area contributed by atoms with E-state index in [4.69, 9.17) is 4.74 Å². The second kappa shape index (κ2) is 6.35. The van der Waals surface area contributed by atoms with E-state index in [2.05, 4.69) is 14.1 Å². The minimum absolute atomic E-state index is 0.134. The van der Waals surface area contributed by atoms with Crippen LogP contribution in [0.1, 0.15) is 0 Å². The summed E-state index contributed by atoms with van der Waals surface area (Å²) in [4.78, 5) is 4.35. The fourth-order valence-corrected chi connectivity index (χ4v) is 3.71. The lowest BCUT2D eigenvalue weighted by atomic mass is 10.2. The smallest absolute Gasteiger partial charge is 0.263 e. The predicted molar refractivity (Wildman–Crippen MR) is 89.1 cm³/mol. The van der Waals surface area contributed by atoms with Crippen molar-refractivity contribution in [3.05, 3.63) is 54.6 Å². The molecule has 118 valence electrons. The summed E-state index contributed by atoms with van der Waals surface area (Å²) in [6, 6.07) is 15.5. The van der Waals surface area contributed by atoms with Crippen molar-refractivity contribution in [3.8, 4) is 17.1 Å². The van der Waals surface area contributed by atoms with Gasteiger partial charge < -0.3 is 4.74 Å². The number of rotatable bonds is 5. The van der Waals surface area contributed by atoms with E-state index in [1.165, 1.54) is 19.2 Å². The summed E-state index contributed by atoms with van der Waals surface area (Å²) in [6.07, 6.45) is 0. The first kappa shape index (κ1) is 15.4. The molecule has 1 N–H and O–H groups in total. The molecule has 0 atom stereocenters. The highest BCUT2D eigenvalue weighted by atomic mass is 32.2. The highest BCUT2D eigenvalue weighted by molar-refractivity contribution is 7.93. The van der Waals surface area contributed by atoms with E-state index in [0.717, 1.165) is 17.1 Å². The Hall–Kier alpha value is -2.45. The molecule has 1 aromatic heterocycles. The third kappa shape index (κ3) is 3.49. The molecule has 0 unspecified atom stereocenters. The van der Waals surface area contributed by atoms with Gasteiger partial charge in [-0.15, -0.1) is 0 Å². The Balaban J connectivity index is 1.82. The van der Waals surface area contributed by atoms with E-state index in [-0.39, 0.29) is 10.0 Å². The number of methoxy groups -OCH3 is 1. The van der Waals surface area contributed by atoms with Crippen LogP contribution in [0.3, 0.4) is 0 Å². The molecule has 6 nitrogen and oxygen atoms in total. The Labute approximate surface area is 138 Å². The molecule has 0 amide bonds. The molecule has 23 heavy (non-hydrogen) atoms. The summed E-state index contributed by atoms with van der Waals surface area (Å²) in [5, 5.41) is 0.222. The highest BCUT2D eigenvalue weighted by Gasteiger charge is 2.17. The van der Waals surface area contributed by atoms with Crippen molar-refractivity contribution in [2.75, 3.05) is 11.8 Å². The van der Waals surface area contributed by atoms with Gasteiger partial charge in [0.2, 0.25) is 5.13 Å². The van der Waals surface area contributed by atoms with Crippen LogP contribution in [0, 0.1) is 0 Å². The van der Waals surface area contributed by atoms with Crippen LogP contribution in [0.15, 0.2) is 59.5 Å². The lowest BCUT2D eigenvalue weighted by Gasteiger charge is -2.05. The molecule has 3 aromatic rings. The lowest BCUT2D eigenvalue weighted by Crippen LogP contribution is -2.12. The Morgan fingerprint density at radius 2 is 1.74 bits per heavy atom. The fraction of sp³-hybridized carbons (Fsp3) is 0.0667. The monoisotopic (exact) mass is 347 g/mol. The van der Waals surface area contributed by atoms with E-state index >= 15 is 0 Å². The highest BCUT2D eigenvalue weighted by Crippen LogP contribution is 2.23. The minimum Gasteiger partial charge on any atom is -0.497 e. The average Bonchev–Trinajstić information content (AvgIpc) is 3.03. The first-order valence-electron chi connectivity index (χ1n) is 6.64. The largest absolute Gasteiger partial charge is 0.497 e. The molecular weight excluding hydrogens is 334 g/mol. The Morgan fingerprint density at radius 3 is 2.39 bits per heavy atom. The van der Waals surface area contributed by atoms with E-state index < -0.39 is 10.0 Å². The molecule has 3 rings (SSSR count). The predicted octanol–water partition coefficient (Wildman–Crippen LogP) is 3.01. The maximum absolute atomic E-state index is 12.3. The molecule has 0 saturated heterocycles. The van der Waals surface area contributed by atoms with E-state index in [9.17, 15) is 8.42 Å². The topological polar surface area (TPSA) is 81.2 Å². The van der Waals surface area contributed by atoms with Gasteiger partial charge in [0, 0.05) is 17.1 Å². The lowest BCUT2D eigenvalue weighted by molar-refractivity contribution is 0.414. The van der Waals surface area contributed by atoms with Crippen molar-refractivity contribution in [2.24, 2.45) is 0 Å².